The Morgan fingerprint density at radius 2 is 2.00 bits per heavy atom. The zero-order chi connectivity index (χ0) is 14.1. The van der Waals surface area contributed by atoms with E-state index in [1.807, 2.05) is 0 Å². The van der Waals surface area contributed by atoms with Crippen LogP contribution in [0.25, 0.3) is 0 Å². The molecular weight excluding hydrogens is 248 g/mol. The number of rotatable bonds is 3. The van der Waals surface area contributed by atoms with E-state index in [0.29, 0.717) is 17.2 Å². The molecule has 0 radical (unpaired) electrons. The fraction of sp³-hybridized carbons (Fsp3) is 1.00. The molecule has 20 heavy (non-hydrogen) atoms. The maximum atomic E-state index is 6.01. The number of nitrogens with zero attached hydrogens (tertiary/aromatic N) is 1. The smallest absolute Gasteiger partial charge is 0.0702 e. The van der Waals surface area contributed by atoms with Crippen molar-refractivity contribution in [2.75, 3.05) is 26.2 Å². The number of nitrogens with one attached hydrogen (secondary N) is 1. The predicted molar refractivity (Wildman–Crippen MR) is 83.1 cm³/mol. The second kappa shape index (κ2) is 5.94. The molecule has 0 aromatic carbocycles. The molecular formula is C17H32N2O. The number of ether oxygens (including phenoxy) is 1. The van der Waals surface area contributed by atoms with Gasteiger partial charge >= 0.3 is 0 Å². The molecule has 1 N–H and O–H groups in total. The van der Waals surface area contributed by atoms with Gasteiger partial charge in [0, 0.05) is 37.3 Å². The molecule has 3 aliphatic rings. The van der Waals surface area contributed by atoms with Crippen molar-refractivity contribution in [2.45, 2.75) is 82.4 Å². The van der Waals surface area contributed by atoms with Gasteiger partial charge in [-0.15, -0.1) is 0 Å². The molecule has 3 fully saturated rings. The molecule has 2 unspecified atom stereocenters. The Hall–Kier alpha value is -0.120. The van der Waals surface area contributed by atoms with E-state index in [-0.39, 0.29) is 0 Å². The highest BCUT2D eigenvalue weighted by Crippen LogP contribution is 2.37. The Morgan fingerprint density at radius 1 is 1.20 bits per heavy atom. The van der Waals surface area contributed by atoms with Crippen LogP contribution in [0.5, 0.6) is 0 Å². The fourth-order valence-corrected chi connectivity index (χ4v) is 4.32. The molecule has 3 nitrogen and oxygen atoms in total. The van der Waals surface area contributed by atoms with Gasteiger partial charge in [0.1, 0.15) is 0 Å². The second-order valence-corrected chi connectivity index (χ2v) is 7.56. The highest BCUT2D eigenvalue weighted by Gasteiger charge is 2.45. The molecule has 0 aromatic rings. The zero-order valence-electron chi connectivity index (χ0n) is 13.4. The normalized spacial score (nSPS) is 38.4. The Bertz CT molecular complexity index is 321. The molecule has 0 aromatic heterocycles. The minimum absolute atomic E-state index is 0.314. The average molecular weight is 280 g/mol. The molecule has 1 spiro atoms. The van der Waals surface area contributed by atoms with E-state index in [4.69, 9.17) is 4.74 Å². The first-order valence-electron chi connectivity index (χ1n) is 8.78. The first-order chi connectivity index (χ1) is 9.66. The van der Waals surface area contributed by atoms with E-state index in [1.165, 1.54) is 57.9 Å². The molecule has 1 saturated carbocycles. The van der Waals surface area contributed by atoms with E-state index in [9.17, 15) is 0 Å². The van der Waals surface area contributed by atoms with Crippen molar-refractivity contribution >= 4 is 0 Å². The summed E-state index contributed by atoms with van der Waals surface area (Å²) in [6.45, 7) is 9.28. The van der Waals surface area contributed by atoms with Crippen molar-refractivity contribution in [3.63, 3.8) is 0 Å². The number of hydrogen-bond donors (Lipinski definition) is 1. The van der Waals surface area contributed by atoms with Gasteiger partial charge in [-0.2, -0.15) is 0 Å². The largest absolute Gasteiger partial charge is 0.377 e. The first kappa shape index (κ1) is 14.8. The highest BCUT2D eigenvalue weighted by molar-refractivity contribution is 5.05. The van der Waals surface area contributed by atoms with Crippen LogP contribution in [0.15, 0.2) is 0 Å². The molecule has 2 aliphatic heterocycles. The van der Waals surface area contributed by atoms with Gasteiger partial charge in [-0.25, -0.2) is 0 Å². The summed E-state index contributed by atoms with van der Waals surface area (Å²) in [4.78, 5) is 2.77. The lowest BCUT2D eigenvalue weighted by Crippen LogP contribution is -2.69. The van der Waals surface area contributed by atoms with Crippen LogP contribution >= 0.6 is 0 Å². The lowest BCUT2D eigenvalue weighted by molar-refractivity contribution is -0.0545. The van der Waals surface area contributed by atoms with Crippen LogP contribution in [0, 0.1) is 0 Å². The van der Waals surface area contributed by atoms with Crippen LogP contribution in [0.3, 0.4) is 0 Å². The van der Waals surface area contributed by atoms with Gasteiger partial charge in [0.05, 0.1) is 6.10 Å². The van der Waals surface area contributed by atoms with Crippen molar-refractivity contribution in [2.24, 2.45) is 0 Å². The van der Waals surface area contributed by atoms with Gasteiger partial charge < -0.3 is 10.1 Å². The summed E-state index contributed by atoms with van der Waals surface area (Å²) < 4.78 is 6.01. The molecule has 2 atom stereocenters. The summed E-state index contributed by atoms with van der Waals surface area (Å²) in [6, 6.07) is 0. The minimum Gasteiger partial charge on any atom is -0.377 e. The van der Waals surface area contributed by atoms with E-state index < -0.39 is 0 Å². The van der Waals surface area contributed by atoms with Gasteiger partial charge in [-0.3, -0.25) is 4.90 Å². The number of piperazine rings is 1. The first-order valence-corrected chi connectivity index (χ1v) is 8.78. The molecule has 3 heteroatoms. The van der Waals surface area contributed by atoms with Crippen LogP contribution in [-0.2, 0) is 4.74 Å². The third-order valence-electron chi connectivity index (χ3n) is 6.12. The van der Waals surface area contributed by atoms with Gasteiger partial charge in [0.25, 0.3) is 0 Å². The predicted octanol–water partition coefficient (Wildman–Crippen LogP) is 2.94. The quantitative estimate of drug-likeness (QED) is 0.860. The van der Waals surface area contributed by atoms with Crippen molar-refractivity contribution in [3.05, 3.63) is 0 Å². The molecule has 0 bridgehead atoms. The molecule has 1 aliphatic carbocycles. The summed E-state index contributed by atoms with van der Waals surface area (Å²) in [5, 5.41) is 3.92. The molecule has 116 valence electrons. The summed E-state index contributed by atoms with van der Waals surface area (Å²) in [7, 11) is 0. The monoisotopic (exact) mass is 280 g/mol. The van der Waals surface area contributed by atoms with Gasteiger partial charge in [0.2, 0.25) is 0 Å². The Labute approximate surface area is 124 Å². The van der Waals surface area contributed by atoms with E-state index >= 15 is 0 Å². The topological polar surface area (TPSA) is 24.5 Å². The maximum Gasteiger partial charge on any atom is 0.0702 e. The Kier molecular flexibility index (Phi) is 4.40. The van der Waals surface area contributed by atoms with E-state index in [1.54, 1.807) is 0 Å². The van der Waals surface area contributed by atoms with Gasteiger partial charge in [-0.1, -0.05) is 19.8 Å². The third kappa shape index (κ3) is 2.90. The average Bonchev–Trinajstić information content (AvgIpc) is 2.93. The van der Waals surface area contributed by atoms with Crippen molar-refractivity contribution in [1.82, 2.24) is 10.2 Å². The van der Waals surface area contributed by atoms with Crippen molar-refractivity contribution in [3.8, 4) is 0 Å². The second-order valence-electron chi connectivity index (χ2n) is 7.56. The van der Waals surface area contributed by atoms with Crippen LogP contribution in [0.1, 0.15) is 65.2 Å². The van der Waals surface area contributed by atoms with E-state index in [2.05, 4.69) is 24.1 Å². The SMILES string of the molecule is CCC1(C)CNC2(CCCC2)CN1CC1CCCCO1. The van der Waals surface area contributed by atoms with Gasteiger partial charge in [0.15, 0.2) is 0 Å². The molecule has 0 amide bonds. The Morgan fingerprint density at radius 3 is 2.65 bits per heavy atom. The highest BCUT2D eigenvalue weighted by atomic mass is 16.5. The minimum atomic E-state index is 0.314. The summed E-state index contributed by atoms with van der Waals surface area (Å²) in [6.07, 6.45) is 11.1. The van der Waals surface area contributed by atoms with Crippen LogP contribution in [0.4, 0.5) is 0 Å². The van der Waals surface area contributed by atoms with Gasteiger partial charge in [-0.05, 0) is 45.4 Å². The molecule has 2 saturated heterocycles. The van der Waals surface area contributed by atoms with Crippen LogP contribution < -0.4 is 5.32 Å². The third-order valence-corrected chi connectivity index (χ3v) is 6.12. The molecule has 2 heterocycles. The summed E-state index contributed by atoms with van der Waals surface area (Å²) >= 11 is 0. The van der Waals surface area contributed by atoms with Crippen molar-refractivity contribution < 1.29 is 4.74 Å². The summed E-state index contributed by atoms with van der Waals surface area (Å²) in [5.41, 5.74) is 0.734. The number of hydrogen-bond acceptors (Lipinski definition) is 3. The van der Waals surface area contributed by atoms with Crippen LogP contribution in [-0.4, -0.2) is 48.3 Å². The van der Waals surface area contributed by atoms with E-state index in [0.717, 1.165) is 19.7 Å². The zero-order valence-corrected chi connectivity index (χ0v) is 13.4. The van der Waals surface area contributed by atoms with Crippen LogP contribution in [0.2, 0.25) is 0 Å². The lowest BCUT2D eigenvalue weighted by Gasteiger charge is -2.53. The summed E-state index contributed by atoms with van der Waals surface area (Å²) in [5.74, 6) is 0. The fourth-order valence-electron chi connectivity index (χ4n) is 4.32. The standard InChI is InChI=1S/C17H32N2O/c1-3-16(2)13-18-17(9-5-6-10-17)14-19(16)12-15-8-4-7-11-20-15/h15,18H,3-14H2,1-2H3. The molecule has 3 rings (SSSR count). The maximum absolute atomic E-state index is 6.01. The Balaban J connectivity index is 1.68. The van der Waals surface area contributed by atoms with Crippen molar-refractivity contribution in [1.29, 1.82) is 0 Å². The lowest BCUT2D eigenvalue weighted by atomic mass is 9.84.